The Balaban J connectivity index is 2.19. The number of carbonyl (C=O) groups is 1. The van der Waals surface area contributed by atoms with Crippen molar-refractivity contribution >= 4 is 39.0 Å². The van der Waals surface area contributed by atoms with E-state index in [1.165, 1.54) is 11.3 Å². The van der Waals surface area contributed by atoms with E-state index in [0.29, 0.717) is 18.4 Å². The Kier molecular flexibility index (Phi) is 4.46. The molecule has 5 nitrogen and oxygen atoms in total. The number of halogens is 1. The minimum Gasteiger partial charge on any atom is -0.409 e. The van der Waals surface area contributed by atoms with Crippen LogP contribution in [0.25, 0.3) is 0 Å². The van der Waals surface area contributed by atoms with E-state index in [4.69, 9.17) is 10.9 Å². The molecule has 1 heterocycles. The van der Waals surface area contributed by atoms with Crippen molar-refractivity contribution in [2.45, 2.75) is 37.6 Å². The summed E-state index contributed by atoms with van der Waals surface area (Å²) in [6.45, 7) is 0. The van der Waals surface area contributed by atoms with E-state index in [9.17, 15) is 4.79 Å². The molecular formula is C12H16BrN3O2S. The van der Waals surface area contributed by atoms with Crippen LogP contribution in [0.3, 0.4) is 0 Å². The molecule has 4 N–H and O–H groups in total. The molecule has 0 saturated heterocycles. The fourth-order valence-electron chi connectivity index (χ4n) is 2.41. The van der Waals surface area contributed by atoms with Gasteiger partial charge in [0.2, 0.25) is 0 Å². The number of amides is 1. The number of thiophene rings is 1. The van der Waals surface area contributed by atoms with Crippen LogP contribution in [0.2, 0.25) is 0 Å². The minimum atomic E-state index is -0.710. The summed E-state index contributed by atoms with van der Waals surface area (Å²) in [5, 5.41) is 16.8. The Bertz CT molecular complexity index is 495. The van der Waals surface area contributed by atoms with E-state index in [-0.39, 0.29) is 11.7 Å². The summed E-state index contributed by atoms with van der Waals surface area (Å²) in [5.41, 5.74) is 5.67. The third kappa shape index (κ3) is 3.09. The normalized spacial score (nSPS) is 19.1. The predicted octanol–water partition coefficient (Wildman–Crippen LogP) is 2.69. The van der Waals surface area contributed by atoms with Gasteiger partial charge in [-0.15, -0.1) is 11.3 Å². The highest BCUT2D eigenvalue weighted by Crippen LogP contribution is 2.29. The highest BCUT2D eigenvalue weighted by molar-refractivity contribution is 9.11. The van der Waals surface area contributed by atoms with Gasteiger partial charge in [0.25, 0.3) is 5.91 Å². The van der Waals surface area contributed by atoms with Gasteiger partial charge in [-0.2, -0.15) is 0 Å². The summed E-state index contributed by atoms with van der Waals surface area (Å²) in [6, 6.07) is 1.77. The lowest BCUT2D eigenvalue weighted by Gasteiger charge is -2.36. The van der Waals surface area contributed by atoms with E-state index in [1.807, 2.05) is 0 Å². The lowest BCUT2D eigenvalue weighted by Crippen LogP contribution is -2.58. The lowest BCUT2D eigenvalue weighted by atomic mass is 9.80. The highest BCUT2D eigenvalue weighted by atomic mass is 79.9. The molecule has 1 aromatic heterocycles. The van der Waals surface area contributed by atoms with Gasteiger partial charge >= 0.3 is 0 Å². The van der Waals surface area contributed by atoms with Crippen molar-refractivity contribution in [2.24, 2.45) is 10.9 Å². The number of nitrogens with zero attached hydrogens (tertiary/aromatic N) is 1. The molecule has 19 heavy (non-hydrogen) atoms. The number of hydrogen-bond donors (Lipinski definition) is 3. The molecule has 0 bridgehead atoms. The van der Waals surface area contributed by atoms with Gasteiger partial charge in [-0.25, -0.2) is 0 Å². The van der Waals surface area contributed by atoms with Crippen LogP contribution in [-0.2, 0) is 0 Å². The Hall–Kier alpha value is -1.08. The zero-order valence-electron chi connectivity index (χ0n) is 10.4. The van der Waals surface area contributed by atoms with Crippen LogP contribution in [0.5, 0.6) is 0 Å². The SMILES string of the molecule is NC(=NO)C1(NC(=O)c2csc(Br)c2)CCCCC1. The van der Waals surface area contributed by atoms with Gasteiger partial charge in [-0.1, -0.05) is 24.4 Å². The first-order valence-electron chi connectivity index (χ1n) is 6.12. The van der Waals surface area contributed by atoms with Gasteiger partial charge in [0.1, 0.15) is 5.54 Å². The Morgan fingerprint density at radius 2 is 2.16 bits per heavy atom. The van der Waals surface area contributed by atoms with Crippen molar-refractivity contribution in [3.63, 3.8) is 0 Å². The van der Waals surface area contributed by atoms with E-state index >= 15 is 0 Å². The van der Waals surface area contributed by atoms with Crippen molar-refractivity contribution in [3.8, 4) is 0 Å². The molecule has 0 atom stereocenters. The first kappa shape index (κ1) is 14.3. The molecule has 1 aliphatic rings. The molecule has 0 aliphatic heterocycles. The molecule has 1 fully saturated rings. The first-order chi connectivity index (χ1) is 9.07. The van der Waals surface area contributed by atoms with Crippen LogP contribution in [0.1, 0.15) is 42.5 Å². The summed E-state index contributed by atoms with van der Waals surface area (Å²) in [5.74, 6) is -0.0923. The number of oxime groups is 1. The Labute approximate surface area is 124 Å². The summed E-state index contributed by atoms with van der Waals surface area (Å²) in [4.78, 5) is 12.2. The summed E-state index contributed by atoms with van der Waals surface area (Å²) in [7, 11) is 0. The van der Waals surface area contributed by atoms with E-state index in [2.05, 4.69) is 26.4 Å². The molecule has 0 aromatic carbocycles. The maximum Gasteiger partial charge on any atom is 0.252 e. The Morgan fingerprint density at radius 3 is 2.68 bits per heavy atom. The molecule has 1 saturated carbocycles. The summed E-state index contributed by atoms with van der Waals surface area (Å²) < 4.78 is 0.902. The number of carbonyl (C=O) groups excluding carboxylic acids is 1. The van der Waals surface area contributed by atoms with Crippen molar-refractivity contribution in [1.29, 1.82) is 0 Å². The number of nitrogens with two attached hydrogens (primary N) is 1. The molecule has 0 unspecified atom stereocenters. The van der Waals surface area contributed by atoms with Gasteiger partial charge in [0, 0.05) is 5.38 Å². The quantitative estimate of drug-likeness (QED) is 0.340. The van der Waals surface area contributed by atoms with Crippen molar-refractivity contribution in [1.82, 2.24) is 5.32 Å². The molecule has 0 radical (unpaired) electrons. The largest absolute Gasteiger partial charge is 0.409 e. The Morgan fingerprint density at radius 1 is 1.47 bits per heavy atom. The average molecular weight is 346 g/mol. The second-order valence-corrected chi connectivity index (χ2v) is 7.01. The molecule has 7 heteroatoms. The van der Waals surface area contributed by atoms with Gasteiger partial charge in [-0.3, -0.25) is 4.79 Å². The lowest BCUT2D eigenvalue weighted by molar-refractivity contribution is 0.0906. The predicted molar refractivity (Wildman–Crippen MR) is 78.7 cm³/mol. The number of rotatable bonds is 3. The van der Waals surface area contributed by atoms with Crippen LogP contribution >= 0.6 is 27.3 Å². The second-order valence-electron chi connectivity index (χ2n) is 4.72. The van der Waals surface area contributed by atoms with Crippen molar-refractivity contribution in [2.75, 3.05) is 0 Å². The zero-order chi connectivity index (χ0) is 13.9. The van der Waals surface area contributed by atoms with Gasteiger partial charge < -0.3 is 16.3 Å². The van der Waals surface area contributed by atoms with Crippen LogP contribution in [0.4, 0.5) is 0 Å². The number of amidine groups is 1. The molecule has 1 aromatic rings. The molecule has 104 valence electrons. The minimum absolute atomic E-state index is 0.0924. The smallest absolute Gasteiger partial charge is 0.252 e. The van der Waals surface area contributed by atoms with Gasteiger partial charge in [-0.05, 0) is 34.8 Å². The van der Waals surface area contributed by atoms with Gasteiger partial charge in [0.05, 0.1) is 9.35 Å². The average Bonchev–Trinajstić information content (AvgIpc) is 2.85. The fraction of sp³-hybridized carbons (Fsp3) is 0.500. The molecular weight excluding hydrogens is 330 g/mol. The van der Waals surface area contributed by atoms with E-state index in [0.717, 1.165) is 23.0 Å². The third-order valence-electron chi connectivity index (χ3n) is 3.49. The van der Waals surface area contributed by atoms with Crippen molar-refractivity contribution < 1.29 is 10.0 Å². The zero-order valence-corrected chi connectivity index (χ0v) is 12.8. The molecule has 2 rings (SSSR count). The first-order valence-corrected chi connectivity index (χ1v) is 7.79. The fourth-order valence-corrected chi connectivity index (χ4v) is 3.55. The monoisotopic (exact) mass is 345 g/mol. The van der Waals surface area contributed by atoms with Crippen LogP contribution in [-0.4, -0.2) is 22.5 Å². The van der Waals surface area contributed by atoms with E-state index < -0.39 is 5.54 Å². The third-order valence-corrected chi connectivity index (χ3v) is 4.99. The number of nitrogens with one attached hydrogen (secondary N) is 1. The van der Waals surface area contributed by atoms with E-state index in [1.54, 1.807) is 11.4 Å². The summed E-state index contributed by atoms with van der Waals surface area (Å²) >= 11 is 4.78. The molecule has 0 spiro atoms. The van der Waals surface area contributed by atoms with Crippen molar-refractivity contribution in [3.05, 3.63) is 20.8 Å². The standard InChI is InChI=1S/C12H16BrN3O2S/c13-9-6-8(7-19-9)10(17)15-12(11(14)16-18)4-2-1-3-5-12/h6-7,18H,1-5H2,(H2,14,16)(H,15,17). The number of hydrogen-bond acceptors (Lipinski definition) is 4. The van der Waals surface area contributed by atoms with Gasteiger partial charge in [0.15, 0.2) is 5.84 Å². The molecule has 1 amide bonds. The topological polar surface area (TPSA) is 87.7 Å². The second kappa shape index (κ2) is 5.92. The van der Waals surface area contributed by atoms with Crippen LogP contribution in [0, 0.1) is 0 Å². The highest BCUT2D eigenvalue weighted by Gasteiger charge is 2.38. The maximum absolute atomic E-state index is 12.2. The summed E-state index contributed by atoms with van der Waals surface area (Å²) in [6.07, 6.45) is 4.45. The van der Waals surface area contributed by atoms with Crippen LogP contribution < -0.4 is 11.1 Å². The van der Waals surface area contributed by atoms with Crippen LogP contribution in [0.15, 0.2) is 20.4 Å². The molecule has 1 aliphatic carbocycles. The maximum atomic E-state index is 12.2.